The Bertz CT molecular complexity index is 1560. The summed E-state index contributed by atoms with van der Waals surface area (Å²) in [5.74, 6) is 4.26. The molecule has 0 spiro atoms. The van der Waals surface area contributed by atoms with Gasteiger partial charge in [-0.1, -0.05) is 24.3 Å². The van der Waals surface area contributed by atoms with E-state index >= 15 is 0 Å². The molecule has 0 radical (unpaired) electrons. The van der Waals surface area contributed by atoms with Gasteiger partial charge in [0.15, 0.2) is 5.65 Å². The van der Waals surface area contributed by atoms with Gasteiger partial charge in [0.2, 0.25) is 0 Å². The SMILES string of the molecule is C(#Cc1nc2c(N3CCOCC3)ccnn2c1C1CCNCC1)c1ccc2ccccc2n1.O=C(O)C(F)(F)F. The highest BCUT2D eigenvalue weighted by atomic mass is 19.4. The predicted molar refractivity (Wildman–Crippen MR) is 142 cm³/mol. The average Bonchev–Trinajstić information content (AvgIpc) is 3.35. The Kier molecular flexibility index (Phi) is 8.14. The molecule has 0 saturated carbocycles. The number of alkyl halides is 3. The van der Waals surface area contributed by atoms with Crippen LogP contribution in [0.5, 0.6) is 0 Å². The summed E-state index contributed by atoms with van der Waals surface area (Å²) < 4.78 is 39.3. The number of ether oxygens (including phenoxy) is 1. The lowest BCUT2D eigenvalue weighted by atomic mass is 9.93. The molecule has 2 aliphatic heterocycles. The second kappa shape index (κ2) is 11.9. The number of carboxylic acids is 1. The maximum absolute atomic E-state index is 10.6. The smallest absolute Gasteiger partial charge is 0.475 e. The molecule has 1 aromatic carbocycles. The number of hydrogen-bond donors (Lipinski definition) is 2. The Morgan fingerprint density at radius 1 is 1.02 bits per heavy atom. The van der Waals surface area contributed by atoms with Gasteiger partial charge in [0.1, 0.15) is 11.4 Å². The first kappa shape index (κ1) is 27.4. The van der Waals surface area contributed by atoms with Crippen LogP contribution in [0.3, 0.4) is 0 Å². The van der Waals surface area contributed by atoms with Crippen molar-refractivity contribution >= 4 is 28.2 Å². The zero-order valence-corrected chi connectivity index (χ0v) is 21.5. The number of benzene rings is 1. The maximum atomic E-state index is 10.6. The van der Waals surface area contributed by atoms with Crippen LogP contribution in [-0.4, -0.2) is 76.2 Å². The summed E-state index contributed by atoms with van der Waals surface area (Å²) >= 11 is 0. The van der Waals surface area contributed by atoms with Gasteiger partial charge in [0.05, 0.1) is 36.3 Å². The molecule has 0 bridgehead atoms. The third-order valence-electron chi connectivity index (χ3n) is 6.76. The summed E-state index contributed by atoms with van der Waals surface area (Å²) in [6, 6.07) is 14.2. The van der Waals surface area contributed by atoms with Gasteiger partial charge >= 0.3 is 12.1 Å². The number of hydrogen-bond acceptors (Lipinski definition) is 7. The van der Waals surface area contributed by atoms with Gasteiger partial charge in [0, 0.05) is 24.4 Å². The molecule has 2 N–H and O–H groups in total. The molecule has 12 heteroatoms. The van der Waals surface area contributed by atoms with Gasteiger partial charge in [-0.25, -0.2) is 19.3 Å². The molecule has 2 fully saturated rings. The molecule has 5 heterocycles. The minimum Gasteiger partial charge on any atom is -0.475 e. The summed E-state index contributed by atoms with van der Waals surface area (Å²) in [5.41, 5.74) is 5.61. The number of aromatic nitrogens is 4. The van der Waals surface area contributed by atoms with E-state index in [1.807, 2.05) is 35.0 Å². The normalized spacial score (nSPS) is 16.2. The van der Waals surface area contributed by atoms with Crippen molar-refractivity contribution in [2.45, 2.75) is 24.9 Å². The van der Waals surface area contributed by atoms with Crippen molar-refractivity contribution in [3.63, 3.8) is 0 Å². The van der Waals surface area contributed by atoms with E-state index in [0.29, 0.717) is 5.92 Å². The third-order valence-corrected chi connectivity index (χ3v) is 6.76. The molecule has 0 amide bonds. The molecule has 9 nitrogen and oxygen atoms in total. The molecule has 2 aliphatic rings. The number of morpholine rings is 1. The molecular formula is C28H27F3N6O3. The number of aliphatic carboxylic acids is 1. The lowest BCUT2D eigenvalue weighted by Crippen LogP contribution is -2.36. The fourth-order valence-electron chi connectivity index (χ4n) is 4.82. The van der Waals surface area contributed by atoms with Crippen LogP contribution in [0, 0.1) is 11.8 Å². The highest BCUT2D eigenvalue weighted by Gasteiger charge is 2.38. The third kappa shape index (κ3) is 6.16. The number of carboxylic acid groups (broad SMARTS) is 1. The minimum atomic E-state index is -5.08. The van der Waals surface area contributed by atoms with Crippen LogP contribution in [0.4, 0.5) is 18.9 Å². The van der Waals surface area contributed by atoms with Crippen molar-refractivity contribution < 1.29 is 27.8 Å². The van der Waals surface area contributed by atoms with Crippen molar-refractivity contribution in [1.29, 1.82) is 0 Å². The molecule has 2 saturated heterocycles. The van der Waals surface area contributed by atoms with E-state index in [1.54, 1.807) is 0 Å². The van der Waals surface area contributed by atoms with E-state index in [4.69, 9.17) is 29.7 Å². The van der Waals surface area contributed by atoms with E-state index in [9.17, 15) is 13.2 Å². The molecule has 6 rings (SSSR count). The number of nitrogens with zero attached hydrogens (tertiary/aromatic N) is 5. The fraction of sp³-hybridized carbons (Fsp3) is 0.357. The molecule has 3 aromatic heterocycles. The maximum Gasteiger partial charge on any atom is 0.490 e. The number of anilines is 1. The van der Waals surface area contributed by atoms with Crippen LogP contribution in [0.15, 0.2) is 48.7 Å². The molecule has 0 aliphatic carbocycles. The minimum absolute atomic E-state index is 0.377. The van der Waals surface area contributed by atoms with Crippen LogP contribution in [0.1, 0.15) is 35.8 Å². The molecule has 0 atom stereocenters. The van der Waals surface area contributed by atoms with E-state index in [0.717, 1.165) is 91.6 Å². The molecular weight excluding hydrogens is 525 g/mol. The number of rotatable bonds is 2. The van der Waals surface area contributed by atoms with Crippen molar-refractivity contribution in [1.82, 2.24) is 24.9 Å². The van der Waals surface area contributed by atoms with E-state index in [2.05, 4.69) is 40.3 Å². The first-order valence-corrected chi connectivity index (χ1v) is 12.9. The largest absolute Gasteiger partial charge is 0.490 e. The second-order valence-corrected chi connectivity index (χ2v) is 9.36. The average molecular weight is 553 g/mol. The standard InChI is InChI=1S/C26H26N6O.C2HF3O2/c1-2-4-22-19(3-1)5-6-21(29-22)7-8-23-25(20-9-12-27-13-10-20)32-26(30-23)24(11-14-28-32)31-15-17-33-18-16-31;3-2(4,5)1(6)7/h1-6,11,14,20,27H,9-10,12-13,15-18H2;(H,6,7). The van der Waals surface area contributed by atoms with Crippen LogP contribution in [-0.2, 0) is 9.53 Å². The predicted octanol–water partition coefficient (Wildman–Crippen LogP) is 3.61. The van der Waals surface area contributed by atoms with Crippen molar-refractivity contribution in [2.75, 3.05) is 44.3 Å². The Morgan fingerprint density at radius 3 is 2.48 bits per heavy atom. The molecule has 208 valence electrons. The number of halogens is 3. The number of piperidine rings is 1. The summed E-state index contributed by atoms with van der Waals surface area (Å²) in [7, 11) is 0. The van der Waals surface area contributed by atoms with Gasteiger partial charge in [-0.3, -0.25) is 0 Å². The highest BCUT2D eigenvalue weighted by Crippen LogP contribution is 2.31. The summed E-state index contributed by atoms with van der Waals surface area (Å²) in [5, 5.41) is 16.4. The number of fused-ring (bicyclic) bond motifs is 2. The molecule has 40 heavy (non-hydrogen) atoms. The summed E-state index contributed by atoms with van der Waals surface area (Å²) in [6.07, 6.45) is -1.09. The van der Waals surface area contributed by atoms with Crippen LogP contribution < -0.4 is 10.2 Å². The van der Waals surface area contributed by atoms with Crippen LogP contribution >= 0.6 is 0 Å². The lowest BCUT2D eigenvalue weighted by molar-refractivity contribution is -0.192. The number of para-hydroxylation sites is 1. The lowest BCUT2D eigenvalue weighted by Gasteiger charge is -2.29. The summed E-state index contributed by atoms with van der Waals surface area (Å²) in [6.45, 7) is 5.18. The number of pyridine rings is 1. The zero-order valence-electron chi connectivity index (χ0n) is 21.5. The second-order valence-electron chi connectivity index (χ2n) is 9.36. The van der Waals surface area contributed by atoms with Gasteiger partial charge in [0.25, 0.3) is 0 Å². The zero-order chi connectivity index (χ0) is 28.1. The van der Waals surface area contributed by atoms with E-state index in [1.165, 1.54) is 0 Å². The number of imidazole rings is 1. The fourth-order valence-corrected chi connectivity index (χ4v) is 4.82. The quantitative estimate of drug-likeness (QED) is 0.364. The van der Waals surface area contributed by atoms with Crippen molar-refractivity contribution in [2.24, 2.45) is 0 Å². The Morgan fingerprint density at radius 2 is 1.75 bits per heavy atom. The molecule has 0 unspecified atom stereocenters. The summed E-state index contributed by atoms with van der Waals surface area (Å²) in [4.78, 5) is 21.0. The van der Waals surface area contributed by atoms with Crippen molar-refractivity contribution in [3.8, 4) is 11.8 Å². The van der Waals surface area contributed by atoms with Crippen molar-refractivity contribution in [3.05, 3.63) is 65.7 Å². The monoisotopic (exact) mass is 552 g/mol. The molecule has 4 aromatic rings. The Balaban J connectivity index is 0.000000411. The van der Waals surface area contributed by atoms with Gasteiger partial charge in [-0.2, -0.15) is 18.3 Å². The van der Waals surface area contributed by atoms with E-state index < -0.39 is 12.1 Å². The Labute approximate surface area is 228 Å². The van der Waals surface area contributed by atoms with Gasteiger partial charge in [-0.15, -0.1) is 0 Å². The Hall–Kier alpha value is -4.21. The number of nitrogens with one attached hydrogen (secondary N) is 1. The van der Waals surface area contributed by atoms with Crippen LogP contribution in [0.25, 0.3) is 16.6 Å². The topological polar surface area (TPSA) is 105 Å². The van der Waals surface area contributed by atoms with Gasteiger partial charge < -0.3 is 20.1 Å². The highest BCUT2D eigenvalue weighted by molar-refractivity contribution is 5.79. The first-order valence-electron chi connectivity index (χ1n) is 12.9. The first-order chi connectivity index (χ1) is 19.3. The van der Waals surface area contributed by atoms with Crippen LogP contribution in [0.2, 0.25) is 0 Å². The van der Waals surface area contributed by atoms with Gasteiger partial charge in [-0.05, 0) is 56.0 Å². The van der Waals surface area contributed by atoms with E-state index in [-0.39, 0.29) is 0 Å². The number of carbonyl (C=O) groups is 1.